The van der Waals surface area contributed by atoms with E-state index in [1.807, 2.05) is 0 Å². The summed E-state index contributed by atoms with van der Waals surface area (Å²) >= 11 is 5.86. The molecule has 1 aromatic rings. The van der Waals surface area contributed by atoms with Crippen molar-refractivity contribution >= 4 is 23.5 Å². The van der Waals surface area contributed by atoms with Crippen LogP contribution in [0.1, 0.15) is 30.1 Å². The lowest BCUT2D eigenvalue weighted by atomic mass is 9.99. The van der Waals surface area contributed by atoms with Crippen LogP contribution in [-0.4, -0.2) is 41.5 Å². The van der Waals surface area contributed by atoms with E-state index in [-0.39, 0.29) is 5.97 Å². The second-order valence-corrected chi connectivity index (χ2v) is 4.89. The van der Waals surface area contributed by atoms with Crippen molar-refractivity contribution < 1.29 is 9.53 Å². The molecule has 5 nitrogen and oxygen atoms in total. The zero-order valence-corrected chi connectivity index (χ0v) is 11.8. The highest BCUT2D eigenvalue weighted by molar-refractivity contribution is 6.18. The van der Waals surface area contributed by atoms with Gasteiger partial charge in [-0.25, -0.2) is 14.8 Å². The van der Waals surface area contributed by atoms with Crippen LogP contribution in [0, 0.1) is 5.92 Å². The topological polar surface area (TPSA) is 55.3 Å². The van der Waals surface area contributed by atoms with Crippen molar-refractivity contribution in [2.75, 3.05) is 30.5 Å². The molecule has 104 valence electrons. The van der Waals surface area contributed by atoms with E-state index in [0.717, 1.165) is 31.8 Å². The highest BCUT2D eigenvalue weighted by Gasteiger charge is 2.20. The number of carbonyl (C=O) groups is 1. The number of hydrogen-bond acceptors (Lipinski definition) is 5. The molecule has 1 aliphatic rings. The number of anilines is 1. The number of carbonyl (C=O) groups excluding carboxylic acids is 1. The van der Waals surface area contributed by atoms with Crippen molar-refractivity contribution in [3.05, 3.63) is 18.0 Å². The van der Waals surface area contributed by atoms with Crippen molar-refractivity contribution in [1.82, 2.24) is 9.97 Å². The first-order chi connectivity index (χ1) is 9.24. The Balaban J connectivity index is 1.97. The summed E-state index contributed by atoms with van der Waals surface area (Å²) in [5, 5.41) is 0. The molecule has 0 unspecified atom stereocenters. The molecule has 0 radical (unpaired) electrons. The van der Waals surface area contributed by atoms with Gasteiger partial charge in [-0.05, 0) is 25.7 Å². The number of alkyl halides is 1. The Morgan fingerprint density at radius 3 is 2.58 bits per heavy atom. The van der Waals surface area contributed by atoms with Crippen LogP contribution in [0.2, 0.25) is 0 Å². The number of halogens is 1. The Morgan fingerprint density at radius 1 is 1.42 bits per heavy atom. The normalized spacial score (nSPS) is 16.4. The second-order valence-electron chi connectivity index (χ2n) is 4.58. The molecule has 0 saturated carbocycles. The van der Waals surface area contributed by atoms with E-state index >= 15 is 0 Å². The molecule has 2 heterocycles. The maximum absolute atomic E-state index is 11.5. The van der Waals surface area contributed by atoms with Crippen LogP contribution < -0.4 is 4.90 Å². The third-order valence-electron chi connectivity index (χ3n) is 3.26. The minimum atomic E-state index is -0.380. The van der Waals surface area contributed by atoms with Crippen LogP contribution in [0.5, 0.6) is 0 Å². The summed E-state index contributed by atoms with van der Waals surface area (Å²) in [6.07, 6.45) is 5.17. The number of hydrogen-bond donors (Lipinski definition) is 0. The molecular weight excluding hydrogens is 266 g/mol. The van der Waals surface area contributed by atoms with Gasteiger partial charge in [0.25, 0.3) is 0 Å². The van der Waals surface area contributed by atoms with E-state index in [9.17, 15) is 4.79 Å². The third kappa shape index (κ3) is 3.56. The fourth-order valence-corrected chi connectivity index (χ4v) is 2.40. The predicted octanol–water partition coefficient (Wildman–Crippen LogP) is 2.11. The SMILES string of the molecule is CCOC(=O)c1cnc(N2CCC(CCl)CC2)nc1. The van der Waals surface area contributed by atoms with E-state index in [1.165, 1.54) is 12.4 Å². The van der Waals surface area contributed by atoms with Gasteiger partial charge in [-0.2, -0.15) is 0 Å². The minimum absolute atomic E-state index is 0.354. The maximum atomic E-state index is 11.5. The fourth-order valence-electron chi connectivity index (χ4n) is 2.09. The molecule has 0 amide bonds. The Morgan fingerprint density at radius 2 is 2.05 bits per heavy atom. The average molecular weight is 284 g/mol. The smallest absolute Gasteiger partial charge is 0.341 e. The molecule has 0 atom stereocenters. The first-order valence-corrected chi connectivity index (χ1v) is 7.08. The largest absolute Gasteiger partial charge is 0.462 e. The van der Waals surface area contributed by atoms with E-state index in [0.29, 0.717) is 24.0 Å². The summed E-state index contributed by atoms with van der Waals surface area (Å²) in [5.74, 6) is 1.60. The van der Waals surface area contributed by atoms with Crippen molar-refractivity contribution in [3.8, 4) is 0 Å². The van der Waals surface area contributed by atoms with Crippen LogP contribution in [0.4, 0.5) is 5.95 Å². The molecule has 0 aromatic carbocycles. The molecule has 0 bridgehead atoms. The second kappa shape index (κ2) is 6.70. The Labute approximate surface area is 117 Å². The Hall–Kier alpha value is -1.36. The van der Waals surface area contributed by atoms with Crippen LogP contribution in [0.3, 0.4) is 0 Å². The number of ether oxygens (including phenoxy) is 1. The monoisotopic (exact) mass is 283 g/mol. The van der Waals surface area contributed by atoms with Gasteiger partial charge in [-0.1, -0.05) is 0 Å². The van der Waals surface area contributed by atoms with Crippen LogP contribution in [0.25, 0.3) is 0 Å². The van der Waals surface area contributed by atoms with Crippen LogP contribution in [-0.2, 0) is 4.74 Å². The molecule has 19 heavy (non-hydrogen) atoms. The summed E-state index contributed by atoms with van der Waals surface area (Å²) in [4.78, 5) is 22.1. The standard InChI is InChI=1S/C13H18ClN3O2/c1-2-19-12(18)11-8-15-13(16-9-11)17-5-3-10(7-14)4-6-17/h8-10H,2-7H2,1H3. The predicted molar refractivity (Wildman–Crippen MR) is 73.6 cm³/mol. The van der Waals surface area contributed by atoms with Gasteiger partial charge in [0, 0.05) is 31.4 Å². The van der Waals surface area contributed by atoms with E-state index in [4.69, 9.17) is 16.3 Å². The van der Waals surface area contributed by atoms with Gasteiger partial charge in [0.2, 0.25) is 5.95 Å². The molecule has 6 heteroatoms. The third-order valence-corrected chi connectivity index (χ3v) is 3.70. The Kier molecular flexibility index (Phi) is 4.96. The van der Waals surface area contributed by atoms with E-state index in [1.54, 1.807) is 6.92 Å². The van der Waals surface area contributed by atoms with Gasteiger partial charge in [0.1, 0.15) is 0 Å². The summed E-state index contributed by atoms with van der Waals surface area (Å²) < 4.78 is 4.89. The van der Waals surface area contributed by atoms with E-state index in [2.05, 4.69) is 14.9 Å². The molecule has 1 saturated heterocycles. The molecular formula is C13H18ClN3O2. The average Bonchev–Trinajstić information content (AvgIpc) is 2.48. The molecule has 1 aromatic heterocycles. The Bertz CT molecular complexity index is 416. The zero-order chi connectivity index (χ0) is 13.7. The maximum Gasteiger partial charge on any atom is 0.341 e. The van der Waals surface area contributed by atoms with Crippen LogP contribution >= 0.6 is 11.6 Å². The zero-order valence-electron chi connectivity index (χ0n) is 11.0. The number of esters is 1. The summed E-state index contributed by atoms with van der Waals surface area (Å²) in [7, 11) is 0. The molecule has 1 fully saturated rings. The highest BCUT2D eigenvalue weighted by Crippen LogP contribution is 2.21. The first-order valence-electron chi connectivity index (χ1n) is 6.54. The number of rotatable bonds is 4. The number of piperidine rings is 1. The van der Waals surface area contributed by atoms with Gasteiger partial charge in [-0.15, -0.1) is 11.6 Å². The van der Waals surface area contributed by atoms with Gasteiger partial charge < -0.3 is 9.64 Å². The van der Waals surface area contributed by atoms with Gasteiger partial charge in [0.05, 0.1) is 12.2 Å². The number of nitrogens with zero attached hydrogens (tertiary/aromatic N) is 3. The molecule has 0 aliphatic carbocycles. The highest BCUT2D eigenvalue weighted by atomic mass is 35.5. The van der Waals surface area contributed by atoms with Crippen molar-refractivity contribution in [3.63, 3.8) is 0 Å². The van der Waals surface area contributed by atoms with Crippen LogP contribution in [0.15, 0.2) is 12.4 Å². The summed E-state index contributed by atoms with van der Waals surface area (Å²) in [5.41, 5.74) is 0.390. The van der Waals surface area contributed by atoms with Gasteiger partial charge >= 0.3 is 5.97 Å². The fraction of sp³-hybridized carbons (Fsp3) is 0.615. The van der Waals surface area contributed by atoms with Crippen molar-refractivity contribution in [2.24, 2.45) is 5.92 Å². The lowest BCUT2D eigenvalue weighted by Crippen LogP contribution is -2.35. The summed E-state index contributed by atoms with van der Waals surface area (Å²) in [6.45, 7) is 3.95. The van der Waals surface area contributed by atoms with Crippen molar-refractivity contribution in [2.45, 2.75) is 19.8 Å². The minimum Gasteiger partial charge on any atom is -0.462 e. The molecule has 2 rings (SSSR count). The molecule has 0 spiro atoms. The summed E-state index contributed by atoms with van der Waals surface area (Å²) in [6, 6.07) is 0. The lowest BCUT2D eigenvalue weighted by molar-refractivity contribution is 0.0525. The quantitative estimate of drug-likeness (QED) is 0.626. The lowest BCUT2D eigenvalue weighted by Gasteiger charge is -2.30. The van der Waals surface area contributed by atoms with Gasteiger partial charge in [0.15, 0.2) is 0 Å². The molecule has 0 N–H and O–H groups in total. The number of aromatic nitrogens is 2. The van der Waals surface area contributed by atoms with Gasteiger partial charge in [-0.3, -0.25) is 0 Å². The van der Waals surface area contributed by atoms with E-state index < -0.39 is 0 Å². The van der Waals surface area contributed by atoms with Crippen molar-refractivity contribution in [1.29, 1.82) is 0 Å². The first kappa shape index (κ1) is 14.1. The molecule has 1 aliphatic heterocycles.